The Bertz CT molecular complexity index is 610. The van der Waals surface area contributed by atoms with Gasteiger partial charge in [-0.3, -0.25) is 0 Å². The second-order valence-corrected chi connectivity index (χ2v) is 8.33. The molecule has 2 aromatic rings. The third-order valence-corrected chi connectivity index (χ3v) is 5.97. The number of hydrogen-bond donors (Lipinski definition) is 0. The lowest BCUT2D eigenvalue weighted by Gasteiger charge is -2.19. The molecule has 0 N–H and O–H groups in total. The lowest BCUT2D eigenvalue weighted by atomic mass is 9.86. The Hall–Kier alpha value is -1.56. The van der Waals surface area contributed by atoms with Crippen LogP contribution in [0.1, 0.15) is 115 Å². The average molecular weight is 377 g/mol. The molecule has 0 bridgehead atoms. The lowest BCUT2D eigenvalue weighted by Crippen LogP contribution is -2.00. The molecule has 0 heteroatoms. The van der Waals surface area contributed by atoms with E-state index in [0.29, 0.717) is 11.8 Å². The van der Waals surface area contributed by atoms with Crippen molar-refractivity contribution in [2.75, 3.05) is 0 Å². The van der Waals surface area contributed by atoms with Crippen LogP contribution >= 0.6 is 0 Å². The fraction of sp³-hybridized carbons (Fsp3) is 0.571. The second kappa shape index (κ2) is 12.8. The number of unbranched alkanes of at least 4 members (excludes halogenated alkanes) is 2. The van der Waals surface area contributed by atoms with Gasteiger partial charge in [0.15, 0.2) is 0 Å². The summed E-state index contributed by atoms with van der Waals surface area (Å²) in [5.41, 5.74) is 5.39. The van der Waals surface area contributed by atoms with Gasteiger partial charge in [-0.25, -0.2) is 0 Å². The van der Waals surface area contributed by atoms with Crippen LogP contribution in [0.25, 0.3) is 11.1 Å². The summed E-state index contributed by atoms with van der Waals surface area (Å²) >= 11 is 0. The van der Waals surface area contributed by atoms with Gasteiger partial charge in [0.25, 0.3) is 0 Å². The summed E-state index contributed by atoms with van der Waals surface area (Å²) in [5, 5.41) is 0. The lowest BCUT2D eigenvalue weighted by molar-refractivity contribution is 0.541. The van der Waals surface area contributed by atoms with Crippen LogP contribution in [0.2, 0.25) is 0 Å². The normalized spacial score (nSPS) is 13.4. The minimum absolute atomic E-state index is 0.680. The van der Waals surface area contributed by atoms with Crippen molar-refractivity contribution in [2.24, 2.45) is 0 Å². The van der Waals surface area contributed by atoms with Crippen molar-refractivity contribution in [1.29, 1.82) is 0 Å². The predicted octanol–water partition coefficient (Wildman–Crippen LogP) is 9.10. The molecule has 0 saturated carbocycles. The van der Waals surface area contributed by atoms with E-state index in [1.165, 1.54) is 86.5 Å². The summed E-state index contributed by atoms with van der Waals surface area (Å²) in [6, 6.07) is 20.6. The van der Waals surface area contributed by atoms with Gasteiger partial charge in [0.2, 0.25) is 0 Å². The van der Waals surface area contributed by atoms with Gasteiger partial charge in [-0.1, -0.05) is 103 Å². The molecule has 0 aliphatic rings. The van der Waals surface area contributed by atoms with Gasteiger partial charge in [0.1, 0.15) is 0 Å². The fourth-order valence-electron chi connectivity index (χ4n) is 4.34. The Balaban J connectivity index is 2.27. The van der Waals surface area contributed by atoms with Gasteiger partial charge in [-0.05, 0) is 71.9 Å². The summed E-state index contributed by atoms with van der Waals surface area (Å²) in [7, 11) is 0. The molecule has 2 aromatic carbocycles. The van der Waals surface area contributed by atoms with E-state index in [2.05, 4.69) is 76.2 Å². The average Bonchev–Trinajstić information content (AvgIpc) is 2.74. The van der Waals surface area contributed by atoms with Gasteiger partial charge >= 0.3 is 0 Å². The molecule has 28 heavy (non-hydrogen) atoms. The van der Waals surface area contributed by atoms with Crippen LogP contribution in [0.4, 0.5) is 0 Å². The molecule has 0 nitrogen and oxygen atoms in total. The number of hydrogen-bond acceptors (Lipinski definition) is 0. The second-order valence-electron chi connectivity index (χ2n) is 8.33. The van der Waals surface area contributed by atoms with Gasteiger partial charge in [0, 0.05) is 0 Å². The summed E-state index contributed by atoms with van der Waals surface area (Å²) in [5.74, 6) is 1.36. The first-order valence-electron chi connectivity index (χ1n) is 11.8. The maximum Gasteiger partial charge on any atom is -0.00960 e. The Morgan fingerprint density at radius 3 is 1.39 bits per heavy atom. The van der Waals surface area contributed by atoms with Gasteiger partial charge in [0.05, 0.1) is 0 Å². The van der Waals surface area contributed by atoms with Crippen LogP contribution in [0.3, 0.4) is 0 Å². The van der Waals surface area contributed by atoms with E-state index in [4.69, 9.17) is 0 Å². The van der Waals surface area contributed by atoms with Gasteiger partial charge in [-0.15, -0.1) is 0 Å². The summed E-state index contributed by atoms with van der Waals surface area (Å²) < 4.78 is 0. The first-order chi connectivity index (χ1) is 13.7. The first kappa shape index (κ1) is 22.7. The third-order valence-electron chi connectivity index (χ3n) is 5.97. The van der Waals surface area contributed by atoms with Crippen LogP contribution < -0.4 is 0 Å². The molecule has 2 radical (unpaired) electrons. The Kier molecular flexibility index (Phi) is 10.4. The van der Waals surface area contributed by atoms with E-state index in [1.54, 1.807) is 0 Å². The summed E-state index contributed by atoms with van der Waals surface area (Å²) in [4.78, 5) is 0. The highest BCUT2D eigenvalue weighted by Gasteiger charge is 2.14. The molecule has 0 aromatic heterocycles. The number of benzene rings is 2. The van der Waals surface area contributed by atoms with Crippen LogP contribution in [-0.4, -0.2) is 0 Å². The Morgan fingerprint density at radius 2 is 1.04 bits per heavy atom. The summed E-state index contributed by atoms with van der Waals surface area (Å²) in [6.45, 7) is 9.19. The highest BCUT2D eigenvalue weighted by molar-refractivity contribution is 5.64. The predicted molar refractivity (Wildman–Crippen MR) is 124 cm³/mol. The summed E-state index contributed by atoms with van der Waals surface area (Å²) in [6.07, 6.45) is 12.8. The van der Waals surface area contributed by atoms with E-state index in [1.807, 2.05) is 0 Å². The van der Waals surface area contributed by atoms with E-state index in [9.17, 15) is 0 Å². The highest BCUT2D eigenvalue weighted by Crippen LogP contribution is 2.33. The molecule has 0 spiro atoms. The zero-order chi connectivity index (χ0) is 20.2. The first-order valence-corrected chi connectivity index (χ1v) is 11.8. The maximum absolute atomic E-state index is 3.49. The van der Waals surface area contributed by atoms with Gasteiger partial charge in [-0.2, -0.15) is 0 Å². The molecule has 0 saturated heterocycles. The van der Waals surface area contributed by atoms with Crippen molar-refractivity contribution in [1.82, 2.24) is 0 Å². The van der Waals surface area contributed by atoms with E-state index >= 15 is 0 Å². The van der Waals surface area contributed by atoms with E-state index < -0.39 is 0 Å². The minimum Gasteiger partial charge on any atom is -0.0654 e. The fourth-order valence-corrected chi connectivity index (χ4v) is 4.34. The smallest absolute Gasteiger partial charge is 0.00960 e. The van der Waals surface area contributed by atoms with Crippen molar-refractivity contribution in [3.05, 3.63) is 59.7 Å². The van der Waals surface area contributed by atoms with Crippen molar-refractivity contribution >= 4 is 0 Å². The van der Waals surface area contributed by atoms with Crippen molar-refractivity contribution in [2.45, 2.75) is 104 Å². The monoisotopic (exact) mass is 376 g/mol. The van der Waals surface area contributed by atoms with Crippen molar-refractivity contribution < 1.29 is 0 Å². The minimum atomic E-state index is 0.680. The van der Waals surface area contributed by atoms with Gasteiger partial charge < -0.3 is 0 Å². The van der Waals surface area contributed by atoms with Crippen LogP contribution in [0.15, 0.2) is 36.4 Å². The standard InChI is InChI=1S/C28H40/c1-5-9-15-23(13-7-3)25-17-11-19-27(21-25)28-20-12-18-26(22-28)24(14-8-4)16-10-6-2/h11-12,17-18,21-24H,5-10,13-16H2,1-4H3. The molecule has 2 rings (SSSR count). The zero-order valence-corrected chi connectivity index (χ0v) is 18.7. The van der Waals surface area contributed by atoms with Crippen LogP contribution in [0, 0.1) is 12.1 Å². The molecule has 2 unspecified atom stereocenters. The molecular weight excluding hydrogens is 336 g/mol. The molecule has 0 heterocycles. The van der Waals surface area contributed by atoms with E-state index in [0.717, 1.165) is 0 Å². The molecular formula is C28H40. The SMILES string of the molecule is CCCCC(CCC)c1cc[c]c(-c2[c]ccc(C(CCC)CCCC)c2)c1. The maximum atomic E-state index is 3.49. The Labute approximate surface area is 174 Å². The zero-order valence-electron chi connectivity index (χ0n) is 18.7. The van der Waals surface area contributed by atoms with Crippen LogP contribution in [-0.2, 0) is 0 Å². The van der Waals surface area contributed by atoms with Crippen molar-refractivity contribution in [3.63, 3.8) is 0 Å². The molecule has 0 aliphatic carbocycles. The molecule has 0 amide bonds. The third kappa shape index (κ3) is 6.80. The highest BCUT2D eigenvalue weighted by atomic mass is 14.2. The number of rotatable bonds is 13. The molecule has 152 valence electrons. The Morgan fingerprint density at radius 1 is 0.607 bits per heavy atom. The quantitative estimate of drug-likeness (QED) is 0.327. The topological polar surface area (TPSA) is 0 Å². The van der Waals surface area contributed by atoms with E-state index in [-0.39, 0.29) is 0 Å². The molecule has 0 aliphatic heterocycles. The van der Waals surface area contributed by atoms with Crippen LogP contribution in [0.5, 0.6) is 0 Å². The molecule has 0 fully saturated rings. The largest absolute Gasteiger partial charge is 0.0654 e. The molecule has 2 atom stereocenters. The van der Waals surface area contributed by atoms with Crippen molar-refractivity contribution in [3.8, 4) is 11.1 Å².